The Labute approximate surface area is 147 Å². The zero-order valence-electron chi connectivity index (χ0n) is 15.2. The van der Waals surface area contributed by atoms with Gasteiger partial charge in [-0.15, -0.1) is 0 Å². The molecule has 6 nitrogen and oxygen atoms in total. The third-order valence-corrected chi connectivity index (χ3v) is 5.09. The minimum Gasteiger partial charge on any atom is -0.454 e. The van der Waals surface area contributed by atoms with E-state index in [0.29, 0.717) is 23.7 Å². The van der Waals surface area contributed by atoms with E-state index in [9.17, 15) is 14.7 Å². The molecule has 25 heavy (non-hydrogen) atoms. The number of Topliss-reactive ketones (excluding diaryl/α,β-unsaturated/α-hetero) is 1. The normalized spacial score (nSPS) is 43.2. The second kappa shape index (κ2) is 6.34. The lowest BCUT2D eigenvalue weighted by atomic mass is 9.80. The van der Waals surface area contributed by atoms with Crippen molar-refractivity contribution in [2.24, 2.45) is 11.8 Å². The molecule has 0 unspecified atom stereocenters. The molecule has 2 aliphatic heterocycles. The monoisotopic (exact) mass is 350 g/mol. The first-order valence-corrected chi connectivity index (χ1v) is 8.73. The van der Waals surface area contributed by atoms with Crippen LogP contribution < -0.4 is 0 Å². The highest BCUT2D eigenvalue weighted by molar-refractivity contribution is 6.00. The molecule has 1 N–H and O–H groups in total. The maximum atomic E-state index is 12.4. The van der Waals surface area contributed by atoms with Gasteiger partial charge in [-0.05, 0) is 31.4 Å². The van der Waals surface area contributed by atoms with Crippen molar-refractivity contribution < 1.29 is 28.9 Å². The van der Waals surface area contributed by atoms with Gasteiger partial charge in [-0.3, -0.25) is 4.79 Å². The fraction of sp³-hybridized carbons (Fsp3) is 0.684. The van der Waals surface area contributed by atoms with Gasteiger partial charge in [-0.1, -0.05) is 20.4 Å². The summed E-state index contributed by atoms with van der Waals surface area (Å²) in [5.74, 6) is -0.797. The molecule has 0 aromatic rings. The minimum absolute atomic E-state index is 0.181. The quantitative estimate of drug-likeness (QED) is 0.472. The molecule has 138 valence electrons. The van der Waals surface area contributed by atoms with E-state index < -0.39 is 41.9 Å². The molecule has 0 bridgehead atoms. The summed E-state index contributed by atoms with van der Waals surface area (Å²) in [5, 5.41) is 10.9. The van der Waals surface area contributed by atoms with Gasteiger partial charge in [-0.25, -0.2) is 4.79 Å². The highest BCUT2D eigenvalue weighted by Gasteiger charge is 2.58. The summed E-state index contributed by atoms with van der Waals surface area (Å²) in [7, 11) is 0. The number of carbonyl (C=O) groups is 2. The number of aliphatic hydroxyl groups is 1. The van der Waals surface area contributed by atoms with Crippen molar-refractivity contribution in [3.8, 4) is 0 Å². The van der Waals surface area contributed by atoms with Crippen molar-refractivity contribution in [3.63, 3.8) is 0 Å². The number of fused-ring (bicyclic) bond motifs is 2. The predicted octanol–water partition coefficient (Wildman–Crippen LogP) is 1.56. The van der Waals surface area contributed by atoms with E-state index in [-0.39, 0.29) is 12.2 Å². The van der Waals surface area contributed by atoms with Gasteiger partial charge in [0, 0.05) is 18.6 Å². The van der Waals surface area contributed by atoms with Gasteiger partial charge in [0.25, 0.3) is 0 Å². The molecule has 1 aliphatic carbocycles. The van der Waals surface area contributed by atoms with Gasteiger partial charge >= 0.3 is 5.97 Å². The zero-order valence-corrected chi connectivity index (χ0v) is 15.2. The van der Waals surface area contributed by atoms with Crippen LogP contribution >= 0.6 is 0 Å². The molecule has 3 aliphatic rings. The number of hydrogen-bond acceptors (Lipinski definition) is 6. The number of ether oxygens (including phenoxy) is 3. The molecule has 0 amide bonds. The molecule has 0 aromatic carbocycles. The van der Waals surface area contributed by atoms with Crippen LogP contribution in [0.4, 0.5) is 0 Å². The Morgan fingerprint density at radius 3 is 2.76 bits per heavy atom. The van der Waals surface area contributed by atoms with Gasteiger partial charge in [0.2, 0.25) is 0 Å². The molecule has 0 saturated carbocycles. The molecule has 2 fully saturated rings. The standard InChI is InChI=1S/C19H26O6/c1-9(2)8-23-13-7-19(5,22)17-16(25-17)15(20)10(3)6-12-14(13)11(4)18(21)24-12/h6,9,12-14,16-17,22H,4,7-8H2,1-3,5H3/b10-6-/t12-,13-,14+,16+,17-,19-/m1/s1. The minimum atomic E-state index is -1.24. The summed E-state index contributed by atoms with van der Waals surface area (Å²) in [5.41, 5.74) is -0.457. The van der Waals surface area contributed by atoms with Gasteiger partial charge in [-0.2, -0.15) is 0 Å². The van der Waals surface area contributed by atoms with Crippen molar-refractivity contribution in [1.29, 1.82) is 0 Å². The first kappa shape index (κ1) is 18.3. The molecular weight excluding hydrogens is 324 g/mol. The molecule has 6 heteroatoms. The van der Waals surface area contributed by atoms with E-state index in [1.54, 1.807) is 19.9 Å². The lowest BCUT2D eigenvalue weighted by Gasteiger charge is -2.33. The Kier molecular flexibility index (Phi) is 4.64. The molecule has 0 spiro atoms. The number of esters is 1. The van der Waals surface area contributed by atoms with Crippen LogP contribution in [0.3, 0.4) is 0 Å². The topological polar surface area (TPSA) is 85.4 Å². The third-order valence-electron chi connectivity index (χ3n) is 5.09. The zero-order chi connectivity index (χ0) is 18.5. The van der Waals surface area contributed by atoms with Gasteiger partial charge in [0.1, 0.15) is 18.3 Å². The number of epoxide rings is 1. The van der Waals surface area contributed by atoms with Crippen LogP contribution in [0.1, 0.15) is 34.1 Å². The van der Waals surface area contributed by atoms with E-state index in [0.717, 1.165) is 0 Å². The fourth-order valence-corrected chi connectivity index (χ4v) is 3.65. The van der Waals surface area contributed by atoms with Gasteiger partial charge in [0.15, 0.2) is 5.78 Å². The Morgan fingerprint density at radius 2 is 2.12 bits per heavy atom. The van der Waals surface area contributed by atoms with E-state index >= 15 is 0 Å². The average molecular weight is 350 g/mol. The van der Waals surface area contributed by atoms with Gasteiger partial charge < -0.3 is 19.3 Å². The predicted molar refractivity (Wildman–Crippen MR) is 89.8 cm³/mol. The molecule has 6 atom stereocenters. The van der Waals surface area contributed by atoms with Gasteiger partial charge in [0.05, 0.1) is 17.6 Å². The van der Waals surface area contributed by atoms with Crippen LogP contribution in [-0.2, 0) is 23.8 Å². The van der Waals surface area contributed by atoms with Crippen molar-refractivity contribution >= 4 is 11.8 Å². The van der Waals surface area contributed by atoms with Crippen molar-refractivity contribution in [2.45, 2.75) is 64.1 Å². The number of rotatable bonds is 3. The van der Waals surface area contributed by atoms with Crippen LogP contribution in [0.2, 0.25) is 0 Å². The van der Waals surface area contributed by atoms with Crippen LogP contribution in [0, 0.1) is 11.8 Å². The summed E-state index contributed by atoms with van der Waals surface area (Å²) in [4.78, 5) is 24.5. The lowest BCUT2D eigenvalue weighted by Crippen LogP contribution is -2.44. The van der Waals surface area contributed by atoms with E-state index in [4.69, 9.17) is 14.2 Å². The Bertz CT molecular complexity index is 632. The molecule has 2 saturated heterocycles. The van der Waals surface area contributed by atoms with Crippen molar-refractivity contribution in [3.05, 3.63) is 23.8 Å². The van der Waals surface area contributed by atoms with Crippen LogP contribution in [0.25, 0.3) is 0 Å². The Morgan fingerprint density at radius 1 is 1.44 bits per heavy atom. The highest BCUT2D eigenvalue weighted by Crippen LogP contribution is 2.43. The van der Waals surface area contributed by atoms with Crippen LogP contribution in [0.5, 0.6) is 0 Å². The van der Waals surface area contributed by atoms with Crippen LogP contribution in [-0.4, -0.2) is 53.5 Å². The first-order valence-electron chi connectivity index (χ1n) is 8.73. The third kappa shape index (κ3) is 3.43. The maximum Gasteiger partial charge on any atom is 0.334 e. The average Bonchev–Trinajstić information content (AvgIpc) is 3.27. The number of hydrogen-bond donors (Lipinski definition) is 1. The largest absolute Gasteiger partial charge is 0.454 e. The second-order valence-electron chi connectivity index (χ2n) is 7.94. The number of carbonyl (C=O) groups excluding carboxylic acids is 2. The molecule has 3 rings (SSSR count). The molecule has 0 aromatic heterocycles. The Hall–Kier alpha value is -1.50. The SMILES string of the molecule is C=C1C(=O)O[C@@H]2/C=C(/C)C(=O)[C@@H]3O[C@H]3[C@](C)(O)C[C@@H](OCC(C)C)[C@@H]12. The van der Waals surface area contributed by atoms with E-state index in [1.807, 2.05) is 13.8 Å². The summed E-state index contributed by atoms with van der Waals surface area (Å²) in [6.07, 6.45) is -0.383. The van der Waals surface area contributed by atoms with Crippen molar-refractivity contribution in [1.82, 2.24) is 0 Å². The smallest absolute Gasteiger partial charge is 0.334 e. The molecular formula is C19H26O6. The van der Waals surface area contributed by atoms with Crippen molar-refractivity contribution in [2.75, 3.05) is 6.61 Å². The molecule has 2 heterocycles. The van der Waals surface area contributed by atoms with E-state index in [1.165, 1.54) is 0 Å². The fourth-order valence-electron chi connectivity index (χ4n) is 3.65. The van der Waals surface area contributed by atoms with Crippen LogP contribution in [0.15, 0.2) is 23.8 Å². The summed E-state index contributed by atoms with van der Waals surface area (Å²) >= 11 is 0. The summed E-state index contributed by atoms with van der Waals surface area (Å²) in [6, 6.07) is 0. The Balaban J connectivity index is 1.98. The number of ketones is 1. The summed E-state index contributed by atoms with van der Waals surface area (Å²) in [6.45, 7) is 11.7. The summed E-state index contributed by atoms with van der Waals surface area (Å²) < 4.78 is 16.9. The highest BCUT2D eigenvalue weighted by atomic mass is 16.6. The second-order valence-corrected chi connectivity index (χ2v) is 7.94. The molecule has 0 radical (unpaired) electrons. The first-order chi connectivity index (χ1) is 11.6. The van der Waals surface area contributed by atoms with E-state index in [2.05, 4.69) is 6.58 Å². The lowest BCUT2D eigenvalue weighted by molar-refractivity contribution is -0.138. The maximum absolute atomic E-state index is 12.4.